The lowest BCUT2D eigenvalue weighted by Crippen LogP contribution is -2.59. The number of hydrogen-bond donors (Lipinski definition) is 0. The quantitative estimate of drug-likeness (QED) is 0.528. The van der Waals surface area contributed by atoms with Crippen LogP contribution in [0.3, 0.4) is 0 Å². The van der Waals surface area contributed by atoms with Crippen molar-refractivity contribution in [3.63, 3.8) is 0 Å². The zero-order valence-corrected chi connectivity index (χ0v) is 9.92. The van der Waals surface area contributed by atoms with Gasteiger partial charge in [-0.3, -0.25) is 4.90 Å². The fraction of sp³-hybridized carbons (Fsp3) is 1.00. The van der Waals surface area contributed by atoms with Crippen LogP contribution in [0.15, 0.2) is 0 Å². The van der Waals surface area contributed by atoms with Crippen LogP contribution in [0.1, 0.15) is 20.8 Å². The Morgan fingerprint density at radius 3 is 2.09 bits per heavy atom. The Kier molecular flexibility index (Phi) is 2.82. The van der Waals surface area contributed by atoms with E-state index in [2.05, 4.69) is 58.7 Å². The molecule has 0 bridgehead atoms. The minimum atomic E-state index is 0.322. The van der Waals surface area contributed by atoms with Crippen molar-refractivity contribution in [2.24, 2.45) is 0 Å². The van der Waals surface area contributed by atoms with E-state index >= 15 is 0 Å². The molecule has 1 saturated heterocycles. The average molecular weight is 268 g/mol. The molecule has 2 nitrogen and oxygen atoms in total. The molecule has 66 valence electrons. The molecule has 0 unspecified atom stereocenters. The Morgan fingerprint density at radius 1 is 1.36 bits per heavy atom. The van der Waals surface area contributed by atoms with Gasteiger partial charge in [0.15, 0.2) is 0 Å². The maximum absolute atomic E-state index is 2.46. The molecule has 1 fully saturated rings. The summed E-state index contributed by atoms with van der Waals surface area (Å²) in [5.41, 5.74) is 0.322. The van der Waals surface area contributed by atoms with E-state index in [1.807, 2.05) is 0 Å². The van der Waals surface area contributed by atoms with Gasteiger partial charge < -0.3 is 0 Å². The van der Waals surface area contributed by atoms with Crippen molar-refractivity contribution >= 4 is 22.9 Å². The largest absolute Gasteiger partial charge is 0.296 e. The lowest BCUT2D eigenvalue weighted by atomic mass is 10.0. The van der Waals surface area contributed by atoms with Crippen LogP contribution in [0, 0.1) is 0 Å². The summed E-state index contributed by atoms with van der Waals surface area (Å²) >= 11 is 2.38. The van der Waals surface area contributed by atoms with Crippen LogP contribution in [0.5, 0.6) is 0 Å². The van der Waals surface area contributed by atoms with Gasteiger partial charge in [0.2, 0.25) is 0 Å². The van der Waals surface area contributed by atoms with E-state index in [9.17, 15) is 0 Å². The SMILES string of the molecule is CN(C1CN(I)C1)C(C)(C)C. The van der Waals surface area contributed by atoms with Crippen molar-refractivity contribution in [3.05, 3.63) is 0 Å². The highest BCUT2D eigenvalue weighted by Gasteiger charge is 2.33. The van der Waals surface area contributed by atoms with Gasteiger partial charge in [0.25, 0.3) is 0 Å². The molecule has 1 rings (SSSR count). The molecule has 0 N–H and O–H groups in total. The highest BCUT2D eigenvalue weighted by atomic mass is 127. The molecule has 0 atom stereocenters. The first-order valence-electron chi connectivity index (χ1n) is 4.05. The van der Waals surface area contributed by atoms with Crippen LogP contribution in [-0.2, 0) is 0 Å². The number of halogens is 1. The highest BCUT2D eigenvalue weighted by molar-refractivity contribution is 14.1. The summed E-state index contributed by atoms with van der Waals surface area (Å²) in [4.78, 5) is 2.46. The van der Waals surface area contributed by atoms with Crippen molar-refractivity contribution in [2.45, 2.75) is 32.4 Å². The molecule has 0 spiro atoms. The molecule has 3 heteroatoms. The molecule has 0 aliphatic carbocycles. The maximum atomic E-state index is 2.46. The molecule has 0 aromatic heterocycles. The van der Waals surface area contributed by atoms with Gasteiger partial charge in [0.05, 0.1) is 0 Å². The zero-order chi connectivity index (χ0) is 8.65. The summed E-state index contributed by atoms with van der Waals surface area (Å²) in [6.45, 7) is 9.23. The van der Waals surface area contributed by atoms with Crippen molar-refractivity contribution in [1.82, 2.24) is 8.01 Å². The monoisotopic (exact) mass is 268 g/mol. The normalized spacial score (nSPS) is 22.4. The summed E-state index contributed by atoms with van der Waals surface area (Å²) in [5.74, 6) is 0. The van der Waals surface area contributed by atoms with Crippen LogP contribution < -0.4 is 0 Å². The van der Waals surface area contributed by atoms with Gasteiger partial charge in [0, 0.05) is 47.5 Å². The van der Waals surface area contributed by atoms with Crippen LogP contribution in [0.2, 0.25) is 0 Å². The Morgan fingerprint density at radius 2 is 1.82 bits per heavy atom. The average Bonchev–Trinajstić information content (AvgIpc) is 1.77. The lowest BCUT2D eigenvalue weighted by molar-refractivity contribution is 0.0543. The van der Waals surface area contributed by atoms with E-state index in [0.717, 1.165) is 6.04 Å². The minimum Gasteiger partial charge on any atom is -0.296 e. The second-order valence-corrected chi connectivity index (χ2v) is 5.63. The number of hydrogen-bond acceptors (Lipinski definition) is 2. The van der Waals surface area contributed by atoms with E-state index in [0.29, 0.717) is 5.54 Å². The molecule has 1 aliphatic heterocycles. The topological polar surface area (TPSA) is 6.48 Å². The van der Waals surface area contributed by atoms with Gasteiger partial charge in [-0.25, -0.2) is 3.11 Å². The van der Waals surface area contributed by atoms with E-state index in [1.165, 1.54) is 13.1 Å². The van der Waals surface area contributed by atoms with Crippen LogP contribution in [0.4, 0.5) is 0 Å². The number of nitrogens with zero attached hydrogens (tertiary/aromatic N) is 2. The minimum absolute atomic E-state index is 0.322. The molecule has 0 radical (unpaired) electrons. The molecule has 1 heterocycles. The van der Waals surface area contributed by atoms with Crippen molar-refractivity contribution in [3.8, 4) is 0 Å². The van der Waals surface area contributed by atoms with Gasteiger partial charge in [-0.2, -0.15) is 0 Å². The smallest absolute Gasteiger partial charge is 0.0368 e. The first kappa shape index (κ1) is 9.74. The Balaban J connectivity index is 2.38. The third-order valence-corrected chi connectivity index (χ3v) is 3.21. The standard InChI is InChI=1S/C8H17IN2/c1-8(2,3)10(4)7-5-11(9)6-7/h7H,5-6H2,1-4H3. The fourth-order valence-electron chi connectivity index (χ4n) is 1.20. The van der Waals surface area contributed by atoms with Crippen LogP contribution in [0.25, 0.3) is 0 Å². The Labute approximate surface area is 83.4 Å². The molecule has 0 aromatic rings. The van der Waals surface area contributed by atoms with Gasteiger partial charge >= 0.3 is 0 Å². The van der Waals surface area contributed by atoms with Crippen LogP contribution >= 0.6 is 22.9 Å². The number of likely N-dealkylation sites (N-methyl/N-ethyl adjacent to an activating group) is 1. The van der Waals surface area contributed by atoms with Gasteiger partial charge in [-0.1, -0.05) is 0 Å². The van der Waals surface area contributed by atoms with Crippen molar-refractivity contribution in [2.75, 3.05) is 20.1 Å². The molecule has 11 heavy (non-hydrogen) atoms. The Hall–Kier alpha value is 0.650. The molecular formula is C8H17IN2. The van der Waals surface area contributed by atoms with Gasteiger partial charge in [-0.05, 0) is 27.8 Å². The molecule has 0 aromatic carbocycles. The summed E-state index contributed by atoms with van der Waals surface area (Å²) in [5, 5.41) is 0. The van der Waals surface area contributed by atoms with E-state index in [1.54, 1.807) is 0 Å². The second-order valence-electron chi connectivity index (χ2n) is 4.26. The zero-order valence-electron chi connectivity index (χ0n) is 7.76. The van der Waals surface area contributed by atoms with Crippen LogP contribution in [-0.4, -0.2) is 39.7 Å². The van der Waals surface area contributed by atoms with Crippen molar-refractivity contribution in [1.29, 1.82) is 0 Å². The summed E-state index contributed by atoms with van der Waals surface area (Å²) < 4.78 is 2.32. The summed E-state index contributed by atoms with van der Waals surface area (Å²) in [6, 6.07) is 0.770. The summed E-state index contributed by atoms with van der Waals surface area (Å²) in [6.07, 6.45) is 0. The van der Waals surface area contributed by atoms with Gasteiger partial charge in [-0.15, -0.1) is 0 Å². The van der Waals surface area contributed by atoms with E-state index in [-0.39, 0.29) is 0 Å². The van der Waals surface area contributed by atoms with E-state index < -0.39 is 0 Å². The summed E-state index contributed by atoms with van der Waals surface area (Å²) in [7, 11) is 2.22. The fourth-order valence-corrected chi connectivity index (χ4v) is 2.11. The molecule has 1 aliphatic rings. The molecule has 0 saturated carbocycles. The highest BCUT2D eigenvalue weighted by Crippen LogP contribution is 2.23. The lowest BCUT2D eigenvalue weighted by Gasteiger charge is -2.46. The third-order valence-electron chi connectivity index (χ3n) is 2.42. The Bertz CT molecular complexity index is 136. The maximum Gasteiger partial charge on any atom is 0.0368 e. The predicted molar refractivity (Wildman–Crippen MR) is 56.9 cm³/mol. The van der Waals surface area contributed by atoms with Gasteiger partial charge in [0.1, 0.15) is 0 Å². The first-order chi connectivity index (χ1) is 4.91. The number of rotatable bonds is 1. The van der Waals surface area contributed by atoms with E-state index in [4.69, 9.17) is 0 Å². The van der Waals surface area contributed by atoms with Crippen molar-refractivity contribution < 1.29 is 0 Å². The second kappa shape index (κ2) is 3.18. The first-order valence-corrected chi connectivity index (χ1v) is 5.01. The third kappa shape index (κ3) is 2.29. The predicted octanol–water partition coefficient (Wildman–Crippen LogP) is 1.75. The molecule has 0 amide bonds. The molecular weight excluding hydrogens is 251 g/mol.